The van der Waals surface area contributed by atoms with Crippen LogP contribution in [0.15, 0.2) is 4.42 Å². The number of halogens is 3. The van der Waals surface area contributed by atoms with Gasteiger partial charge in [-0.1, -0.05) is 12.0 Å². The lowest BCUT2D eigenvalue weighted by molar-refractivity contribution is -0.137. The third-order valence-corrected chi connectivity index (χ3v) is 2.67. The number of hydrogen-bond donors (Lipinski definition) is 1. The first-order valence-electron chi connectivity index (χ1n) is 5.64. The summed E-state index contributed by atoms with van der Waals surface area (Å²) in [5.41, 5.74) is 0. The summed E-state index contributed by atoms with van der Waals surface area (Å²) in [6, 6.07) is -0.634. The van der Waals surface area contributed by atoms with Crippen molar-refractivity contribution in [1.29, 1.82) is 0 Å². The van der Waals surface area contributed by atoms with Gasteiger partial charge in [0.1, 0.15) is 0 Å². The van der Waals surface area contributed by atoms with Crippen LogP contribution in [0.3, 0.4) is 0 Å². The van der Waals surface area contributed by atoms with Crippen LogP contribution in [-0.4, -0.2) is 22.4 Å². The first-order valence-corrected chi connectivity index (χ1v) is 5.64. The van der Waals surface area contributed by atoms with E-state index in [1.807, 2.05) is 0 Å². The average Bonchev–Trinajstić information content (AvgIpc) is 2.97. The monoisotopic (exact) mass is 249 g/mol. The molecule has 4 nitrogen and oxygen atoms in total. The Hall–Kier alpha value is -1.27. The molecule has 17 heavy (non-hydrogen) atoms. The highest BCUT2D eigenvalue weighted by atomic mass is 19.4. The Kier molecular flexibility index (Phi) is 3.26. The molecule has 0 saturated heterocycles. The molecule has 2 rings (SSSR count). The topological polar surface area (TPSA) is 51.0 Å². The molecule has 96 valence electrons. The van der Waals surface area contributed by atoms with Crippen LogP contribution in [0.1, 0.15) is 44.4 Å². The summed E-state index contributed by atoms with van der Waals surface area (Å²) >= 11 is 0. The predicted molar refractivity (Wildman–Crippen MR) is 54.6 cm³/mol. The van der Waals surface area contributed by atoms with Crippen molar-refractivity contribution in [3.05, 3.63) is 5.89 Å². The van der Waals surface area contributed by atoms with Crippen LogP contribution in [0.25, 0.3) is 0 Å². The first-order chi connectivity index (χ1) is 7.98. The Morgan fingerprint density at radius 3 is 2.65 bits per heavy atom. The van der Waals surface area contributed by atoms with Crippen molar-refractivity contribution < 1.29 is 17.6 Å². The van der Waals surface area contributed by atoms with Gasteiger partial charge < -0.3 is 9.73 Å². The minimum atomic E-state index is -4.19. The van der Waals surface area contributed by atoms with Gasteiger partial charge in [-0.25, -0.2) is 0 Å². The number of aromatic nitrogens is 2. The number of anilines is 1. The maximum absolute atomic E-state index is 12.2. The van der Waals surface area contributed by atoms with Crippen LogP contribution in [0.4, 0.5) is 19.2 Å². The first kappa shape index (κ1) is 12.2. The zero-order valence-electron chi connectivity index (χ0n) is 9.42. The standard InChI is InChI=1S/C10H14F3N3O/c1-2-7(5-10(11,12)13)14-9-16-15-8(17-9)6-3-4-6/h6-7H,2-5H2,1H3,(H,14,16). The second kappa shape index (κ2) is 4.54. The summed E-state index contributed by atoms with van der Waals surface area (Å²) in [7, 11) is 0. The van der Waals surface area contributed by atoms with E-state index in [1.54, 1.807) is 6.92 Å². The molecule has 7 heteroatoms. The Morgan fingerprint density at radius 1 is 1.41 bits per heavy atom. The molecule has 1 aromatic heterocycles. The van der Waals surface area contributed by atoms with Crippen LogP contribution in [0.2, 0.25) is 0 Å². The Balaban J connectivity index is 1.92. The molecule has 1 atom stereocenters. The fraction of sp³-hybridized carbons (Fsp3) is 0.800. The largest absolute Gasteiger partial charge is 0.408 e. The van der Waals surface area contributed by atoms with Gasteiger partial charge in [0.2, 0.25) is 5.89 Å². The highest BCUT2D eigenvalue weighted by Crippen LogP contribution is 2.39. The molecule has 1 aliphatic carbocycles. The van der Waals surface area contributed by atoms with Crippen molar-refractivity contribution in [2.24, 2.45) is 0 Å². The minimum absolute atomic E-state index is 0.0861. The molecule has 0 spiro atoms. The summed E-state index contributed by atoms with van der Waals surface area (Å²) in [6.45, 7) is 1.68. The lowest BCUT2D eigenvalue weighted by Gasteiger charge is -2.16. The number of alkyl halides is 3. The normalized spacial score (nSPS) is 18.1. The van der Waals surface area contributed by atoms with Crippen molar-refractivity contribution in [2.75, 3.05) is 5.32 Å². The Morgan fingerprint density at radius 2 is 2.12 bits per heavy atom. The van der Waals surface area contributed by atoms with E-state index in [9.17, 15) is 13.2 Å². The number of hydrogen-bond acceptors (Lipinski definition) is 4. The van der Waals surface area contributed by atoms with Gasteiger partial charge in [0.25, 0.3) is 0 Å². The van der Waals surface area contributed by atoms with E-state index in [4.69, 9.17) is 4.42 Å². The molecular weight excluding hydrogens is 235 g/mol. The minimum Gasteiger partial charge on any atom is -0.408 e. The van der Waals surface area contributed by atoms with Gasteiger partial charge >= 0.3 is 12.2 Å². The molecule has 1 fully saturated rings. The van der Waals surface area contributed by atoms with Crippen LogP contribution in [-0.2, 0) is 0 Å². The second-order valence-corrected chi connectivity index (χ2v) is 4.29. The highest BCUT2D eigenvalue weighted by Gasteiger charge is 2.33. The lowest BCUT2D eigenvalue weighted by atomic mass is 10.1. The number of nitrogens with one attached hydrogen (secondary N) is 1. The van der Waals surface area contributed by atoms with Gasteiger partial charge in [-0.05, 0) is 19.3 Å². The van der Waals surface area contributed by atoms with Gasteiger partial charge in [0.15, 0.2) is 0 Å². The fourth-order valence-corrected chi connectivity index (χ4v) is 1.54. The van der Waals surface area contributed by atoms with Crippen LogP contribution < -0.4 is 5.32 Å². The van der Waals surface area contributed by atoms with E-state index in [-0.39, 0.29) is 6.01 Å². The van der Waals surface area contributed by atoms with E-state index in [0.717, 1.165) is 12.8 Å². The van der Waals surface area contributed by atoms with Crippen LogP contribution in [0.5, 0.6) is 0 Å². The van der Waals surface area contributed by atoms with E-state index < -0.39 is 18.6 Å². The molecule has 0 radical (unpaired) electrons. The van der Waals surface area contributed by atoms with Crippen molar-refractivity contribution >= 4 is 6.01 Å². The second-order valence-electron chi connectivity index (χ2n) is 4.29. The maximum Gasteiger partial charge on any atom is 0.391 e. The van der Waals surface area contributed by atoms with Gasteiger partial charge in [0.05, 0.1) is 6.42 Å². The third-order valence-electron chi connectivity index (χ3n) is 2.67. The molecule has 1 aromatic rings. The molecule has 1 unspecified atom stereocenters. The molecular formula is C10H14F3N3O. The molecule has 0 aromatic carbocycles. The van der Waals surface area contributed by atoms with Crippen LogP contribution >= 0.6 is 0 Å². The van der Waals surface area contributed by atoms with Gasteiger partial charge in [0, 0.05) is 12.0 Å². The summed E-state index contributed by atoms with van der Waals surface area (Å²) in [4.78, 5) is 0. The molecule has 0 amide bonds. The lowest BCUT2D eigenvalue weighted by Crippen LogP contribution is -2.26. The summed E-state index contributed by atoms with van der Waals surface area (Å²) < 4.78 is 42.0. The fourth-order valence-electron chi connectivity index (χ4n) is 1.54. The van der Waals surface area contributed by atoms with Crippen LogP contribution in [0, 0.1) is 0 Å². The molecule has 0 bridgehead atoms. The zero-order valence-corrected chi connectivity index (χ0v) is 9.42. The van der Waals surface area contributed by atoms with Gasteiger partial charge in [-0.15, -0.1) is 5.10 Å². The zero-order chi connectivity index (χ0) is 12.5. The summed E-state index contributed by atoms with van der Waals surface area (Å²) in [6.07, 6.45) is -2.71. The quantitative estimate of drug-likeness (QED) is 0.871. The van der Waals surface area contributed by atoms with Crippen molar-refractivity contribution in [2.45, 2.75) is 50.7 Å². The van der Waals surface area contributed by atoms with E-state index >= 15 is 0 Å². The highest BCUT2D eigenvalue weighted by molar-refractivity contribution is 5.20. The maximum atomic E-state index is 12.2. The van der Waals surface area contributed by atoms with Gasteiger partial charge in [-0.2, -0.15) is 13.2 Å². The van der Waals surface area contributed by atoms with Crippen molar-refractivity contribution in [1.82, 2.24) is 10.2 Å². The van der Waals surface area contributed by atoms with Crippen molar-refractivity contribution in [3.8, 4) is 0 Å². The number of nitrogens with zero attached hydrogens (tertiary/aromatic N) is 2. The summed E-state index contributed by atoms with van der Waals surface area (Å²) in [5.74, 6) is 0.829. The van der Waals surface area contributed by atoms with Crippen molar-refractivity contribution in [3.63, 3.8) is 0 Å². The molecule has 1 N–H and O–H groups in total. The molecule has 1 aliphatic rings. The number of rotatable bonds is 5. The predicted octanol–water partition coefficient (Wildman–Crippen LogP) is 3.09. The van der Waals surface area contributed by atoms with Gasteiger partial charge in [-0.3, -0.25) is 0 Å². The summed E-state index contributed by atoms with van der Waals surface area (Å²) in [5, 5.41) is 10.1. The molecule has 1 saturated carbocycles. The van der Waals surface area contributed by atoms with E-state index in [0.29, 0.717) is 18.2 Å². The smallest absolute Gasteiger partial charge is 0.391 e. The molecule has 1 heterocycles. The average molecular weight is 249 g/mol. The Labute approximate surface area is 96.6 Å². The third kappa shape index (κ3) is 3.61. The van der Waals surface area contributed by atoms with E-state index in [1.165, 1.54) is 0 Å². The molecule has 0 aliphatic heterocycles. The SMILES string of the molecule is CCC(CC(F)(F)F)Nc1nnc(C2CC2)o1. The van der Waals surface area contributed by atoms with E-state index in [2.05, 4.69) is 15.5 Å². The Bertz CT molecular complexity index is 373.